The topological polar surface area (TPSA) is 98.1 Å². The maximum atomic E-state index is 13.6. The van der Waals surface area contributed by atoms with Crippen LogP contribution in [-0.4, -0.2) is 47.1 Å². The first kappa shape index (κ1) is 22.4. The third kappa shape index (κ3) is 4.79. The third-order valence-corrected chi connectivity index (χ3v) is 5.99. The summed E-state index contributed by atoms with van der Waals surface area (Å²) in [5, 5.41) is 2.53. The average Bonchev–Trinajstić information content (AvgIpc) is 3.63. The largest absolute Gasteiger partial charge is 0.497 e. The summed E-state index contributed by atoms with van der Waals surface area (Å²) in [5.41, 5.74) is 3.69. The van der Waals surface area contributed by atoms with E-state index in [1.807, 2.05) is 51.9 Å². The Morgan fingerprint density at radius 1 is 1.03 bits per heavy atom. The molecule has 0 atom stereocenters. The molecule has 35 heavy (non-hydrogen) atoms. The van der Waals surface area contributed by atoms with Crippen molar-refractivity contribution in [2.45, 2.75) is 12.8 Å². The second kappa shape index (κ2) is 9.46. The minimum atomic E-state index is -0.587. The molecule has 0 saturated heterocycles. The van der Waals surface area contributed by atoms with Crippen LogP contribution in [0.5, 0.6) is 5.75 Å². The summed E-state index contributed by atoms with van der Waals surface area (Å²) < 4.78 is 11.7. The van der Waals surface area contributed by atoms with E-state index in [1.165, 1.54) is 7.11 Å². The molecule has 0 radical (unpaired) electrons. The number of rotatable bonds is 7. The van der Waals surface area contributed by atoms with Crippen LogP contribution in [-0.2, 0) is 4.74 Å². The van der Waals surface area contributed by atoms with Crippen molar-refractivity contribution < 1.29 is 19.1 Å². The van der Waals surface area contributed by atoms with Crippen molar-refractivity contribution in [3.63, 3.8) is 0 Å². The minimum Gasteiger partial charge on any atom is -0.497 e. The number of nitrogens with zero attached hydrogens (tertiary/aromatic N) is 4. The Labute approximate surface area is 202 Å². The van der Waals surface area contributed by atoms with Crippen LogP contribution < -0.4 is 15.0 Å². The van der Waals surface area contributed by atoms with E-state index >= 15 is 0 Å². The molecule has 2 amide bonds. The van der Waals surface area contributed by atoms with Crippen molar-refractivity contribution in [1.82, 2.24) is 14.4 Å². The minimum absolute atomic E-state index is 0.0700. The number of aromatic nitrogens is 3. The highest BCUT2D eigenvalue weighted by molar-refractivity contribution is 6.06. The van der Waals surface area contributed by atoms with Crippen LogP contribution in [0.15, 0.2) is 67.1 Å². The van der Waals surface area contributed by atoms with Gasteiger partial charge in [0.25, 0.3) is 5.91 Å². The van der Waals surface area contributed by atoms with Crippen molar-refractivity contribution in [3.8, 4) is 17.0 Å². The molecule has 1 aliphatic rings. The van der Waals surface area contributed by atoms with Crippen molar-refractivity contribution in [2.24, 2.45) is 5.92 Å². The number of ether oxygens (including phenoxy) is 2. The van der Waals surface area contributed by atoms with E-state index < -0.39 is 6.09 Å². The van der Waals surface area contributed by atoms with Crippen LogP contribution in [0.4, 0.5) is 16.3 Å². The number of anilines is 2. The molecular formula is C26H25N5O4. The number of fused-ring (bicyclic) bond motifs is 1. The molecule has 9 nitrogen and oxygen atoms in total. The van der Waals surface area contributed by atoms with Gasteiger partial charge < -0.3 is 14.4 Å². The molecule has 178 valence electrons. The monoisotopic (exact) mass is 471 g/mol. The van der Waals surface area contributed by atoms with Gasteiger partial charge in [0.15, 0.2) is 0 Å². The van der Waals surface area contributed by atoms with Crippen LogP contribution in [0, 0.1) is 5.92 Å². The van der Waals surface area contributed by atoms with Crippen LogP contribution in [0.2, 0.25) is 0 Å². The Bertz CT molecular complexity index is 1360. The predicted octanol–water partition coefficient (Wildman–Crippen LogP) is 4.64. The molecule has 3 heterocycles. The van der Waals surface area contributed by atoms with Gasteiger partial charge >= 0.3 is 6.09 Å². The van der Waals surface area contributed by atoms with E-state index in [-0.39, 0.29) is 5.91 Å². The van der Waals surface area contributed by atoms with Gasteiger partial charge in [0.2, 0.25) is 0 Å². The molecule has 1 aromatic carbocycles. The first-order valence-electron chi connectivity index (χ1n) is 11.3. The highest BCUT2D eigenvalue weighted by Crippen LogP contribution is 2.33. The van der Waals surface area contributed by atoms with Crippen LogP contribution in [0.3, 0.4) is 0 Å². The van der Waals surface area contributed by atoms with Crippen LogP contribution >= 0.6 is 0 Å². The Kier molecular flexibility index (Phi) is 6.05. The Hall–Kier alpha value is -4.40. The molecule has 1 aliphatic carbocycles. The van der Waals surface area contributed by atoms with Crippen molar-refractivity contribution in [1.29, 1.82) is 0 Å². The molecule has 9 heteroatoms. The van der Waals surface area contributed by atoms with E-state index in [1.54, 1.807) is 31.6 Å². The lowest BCUT2D eigenvalue weighted by atomic mass is 10.2. The third-order valence-electron chi connectivity index (χ3n) is 5.99. The fourth-order valence-corrected chi connectivity index (χ4v) is 3.88. The number of pyridine rings is 2. The van der Waals surface area contributed by atoms with E-state index in [4.69, 9.17) is 4.74 Å². The fourth-order valence-electron chi connectivity index (χ4n) is 3.88. The molecule has 4 aromatic rings. The van der Waals surface area contributed by atoms with E-state index in [2.05, 4.69) is 20.0 Å². The van der Waals surface area contributed by atoms with Gasteiger partial charge in [-0.3, -0.25) is 14.5 Å². The molecule has 0 aliphatic heterocycles. The number of hydrogen-bond acceptors (Lipinski definition) is 6. The first-order chi connectivity index (χ1) is 17.1. The van der Waals surface area contributed by atoms with Gasteiger partial charge in [-0.1, -0.05) is 0 Å². The molecule has 3 aromatic heterocycles. The van der Waals surface area contributed by atoms with Crippen molar-refractivity contribution in [3.05, 3.63) is 72.7 Å². The Morgan fingerprint density at radius 3 is 2.49 bits per heavy atom. The zero-order valence-corrected chi connectivity index (χ0v) is 19.5. The first-order valence-corrected chi connectivity index (χ1v) is 11.3. The molecule has 1 fully saturated rings. The molecule has 0 bridgehead atoms. The summed E-state index contributed by atoms with van der Waals surface area (Å²) >= 11 is 0. The summed E-state index contributed by atoms with van der Waals surface area (Å²) in [6, 6.07) is 14.7. The van der Waals surface area contributed by atoms with Crippen LogP contribution in [0.25, 0.3) is 16.9 Å². The standard InChI is InChI=1S/C26H25N5O4/c1-34-21-9-7-20(8-10-21)30(15-17-3-4-17)25(32)19-6-12-24-28-14-22(31(24)16-19)18-5-11-23(27-13-18)29-26(33)35-2/h5-14,16-17H,3-4,15H2,1-2H3,(H,27,29,33). The smallest absolute Gasteiger partial charge is 0.412 e. The molecule has 1 saturated carbocycles. The lowest BCUT2D eigenvalue weighted by molar-refractivity contribution is 0.0985. The molecule has 1 N–H and O–H groups in total. The molecular weight excluding hydrogens is 446 g/mol. The lowest BCUT2D eigenvalue weighted by Gasteiger charge is -2.23. The number of carbonyl (C=O) groups excluding carboxylic acids is 2. The number of benzene rings is 1. The van der Waals surface area contributed by atoms with Gasteiger partial charge in [-0.05, 0) is 67.3 Å². The van der Waals surface area contributed by atoms with Gasteiger partial charge in [-0.2, -0.15) is 0 Å². The van der Waals surface area contributed by atoms with Crippen molar-refractivity contribution >= 4 is 29.2 Å². The quantitative estimate of drug-likeness (QED) is 0.422. The van der Waals surface area contributed by atoms with E-state index in [9.17, 15) is 9.59 Å². The summed E-state index contributed by atoms with van der Waals surface area (Å²) in [6.45, 7) is 0.679. The summed E-state index contributed by atoms with van der Waals surface area (Å²) in [7, 11) is 2.92. The maximum absolute atomic E-state index is 13.6. The summed E-state index contributed by atoms with van der Waals surface area (Å²) in [4.78, 5) is 35.6. The van der Waals surface area contributed by atoms with E-state index in [0.717, 1.165) is 35.5 Å². The Balaban J connectivity index is 1.45. The van der Waals surface area contributed by atoms with Gasteiger partial charge in [-0.25, -0.2) is 14.8 Å². The number of imidazole rings is 1. The molecule has 0 unspecified atom stereocenters. The van der Waals surface area contributed by atoms with Crippen molar-refractivity contribution in [2.75, 3.05) is 31.0 Å². The molecule has 0 spiro atoms. The SMILES string of the molecule is COC(=O)Nc1ccc(-c2cnc3ccc(C(=O)N(CC4CC4)c4ccc(OC)cc4)cn23)cn1. The predicted molar refractivity (Wildman–Crippen MR) is 132 cm³/mol. The zero-order valence-electron chi connectivity index (χ0n) is 19.5. The maximum Gasteiger partial charge on any atom is 0.412 e. The fraction of sp³-hybridized carbons (Fsp3) is 0.231. The lowest BCUT2D eigenvalue weighted by Crippen LogP contribution is -2.33. The summed E-state index contributed by atoms with van der Waals surface area (Å²) in [5.74, 6) is 1.58. The highest BCUT2D eigenvalue weighted by atomic mass is 16.5. The number of carbonyl (C=O) groups is 2. The number of amides is 2. The zero-order chi connectivity index (χ0) is 24.4. The van der Waals surface area contributed by atoms with Gasteiger partial charge in [0, 0.05) is 30.2 Å². The second-order valence-corrected chi connectivity index (χ2v) is 8.40. The second-order valence-electron chi connectivity index (χ2n) is 8.40. The number of hydrogen-bond donors (Lipinski definition) is 1. The van der Waals surface area contributed by atoms with Gasteiger partial charge in [0.05, 0.1) is 31.7 Å². The Morgan fingerprint density at radius 2 is 1.83 bits per heavy atom. The number of nitrogens with one attached hydrogen (secondary N) is 1. The van der Waals surface area contributed by atoms with Gasteiger partial charge in [0.1, 0.15) is 17.2 Å². The average molecular weight is 472 g/mol. The van der Waals surface area contributed by atoms with Crippen LogP contribution in [0.1, 0.15) is 23.2 Å². The summed E-state index contributed by atoms with van der Waals surface area (Å²) in [6.07, 6.45) is 6.87. The number of methoxy groups -OCH3 is 2. The van der Waals surface area contributed by atoms with Gasteiger partial charge in [-0.15, -0.1) is 0 Å². The van der Waals surface area contributed by atoms with E-state index in [0.29, 0.717) is 29.5 Å². The highest BCUT2D eigenvalue weighted by Gasteiger charge is 2.28. The molecule has 5 rings (SSSR count). The normalized spacial score (nSPS) is 12.9.